The Bertz CT molecular complexity index is 248. The first-order chi connectivity index (χ1) is 7.71. The molecule has 2 fully saturated rings. The Balaban J connectivity index is 1.85. The third-order valence-electron chi connectivity index (χ3n) is 3.36. The Hall–Kier alpha value is -0.260. The van der Waals surface area contributed by atoms with Gasteiger partial charge < -0.3 is 5.11 Å². The highest BCUT2D eigenvalue weighted by atomic mass is 32.2. The molecule has 0 spiro atoms. The van der Waals surface area contributed by atoms with Crippen molar-refractivity contribution in [3.8, 4) is 0 Å². The zero-order chi connectivity index (χ0) is 11.4. The van der Waals surface area contributed by atoms with Crippen LogP contribution in [0.5, 0.6) is 0 Å². The molecule has 4 nitrogen and oxygen atoms in total. The van der Waals surface area contributed by atoms with Crippen molar-refractivity contribution in [2.75, 3.05) is 24.6 Å². The summed E-state index contributed by atoms with van der Waals surface area (Å²) in [6.45, 7) is 1.83. The summed E-state index contributed by atoms with van der Waals surface area (Å²) in [6, 6.07) is 0. The first kappa shape index (κ1) is 12.2. The number of nitrogens with zero attached hydrogens (tertiary/aromatic N) is 1. The molecular formula is C11H20N2O2S. The van der Waals surface area contributed by atoms with Crippen LogP contribution in [-0.4, -0.2) is 46.2 Å². The molecule has 2 aliphatic rings. The third kappa shape index (κ3) is 2.90. The van der Waals surface area contributed by atoms with E-state index in [2.05, 4.69) is 5.43 Å². The molecule has 0 aliphatic carbocycles. The van der Waals surface area contributed by atoms with Gasteiger partial charge in [-0.15, -0.1) is 0 Å². The quantitative estimate of drug-likeness (QED) is 0.753. The minimum atomic E-state index is -1.12. The molecule has 0 radical (unpaired) electrons. The number of aliphatic hydroxyl groups is 1. The van der Waals surface area contributed by atoms with Crippen LogP contribution in [0, 0.1) is 0 Å². The van der Waals surface area contributed by atoms with E-state index < -0.39 is 5.60 Å². The number of nitrogens with one attached hydrogen (secondary N) is 1. The van der Waals surface area contributed by atoms with Gasteiger partial charge in [0.25, 0.3) is 5.91 Å². The molecule has 2 aliphatic heterocycles. The molecule has 92 valence electrons. The van der Waals surface area contributed by atoms with E-state index >= 15 is 0 Å². The minimum absolute atomic E-state index is 0.199. The maximum Gasteiger partial charge on any atom is 0.266 e. The lowest BCUT2D eigenvalue weighted by Gasteiger charge is -2.34. The summed E-state index contributed by atoms with van der Waals surface area (Å²) in [6.07, 6.45) is 4.67. The molecule has 2 rings (SSSR count). The van der Waals surface area contributed by atoms with Gasteiger partial charge in [-0.25, -0.2) is 5.01 Å². The summed E-state index contributed by atoms with van der Waals surface area (Å²) < 4.78 is 0. The first-order valence-electron chi connectivity index (χ1n) is 6.07. The highest BCUT2D eigenvalue weighted by Gasteiger charge is 2.38. The summed E-state index contributed by atoms with van der Waals surface area (Å²) in [5.41, 5.74) is 1.74. The summed E-state index contributed by atoms with van der Waals surface area (Å²) in [7, 11) is 0. The van der Waals surface area contributed by atoms with Crippen molar-refractivity contribution >= 4 is 17.7 Å². The number of piperidine rings is 1. The van der Waals surface area contributed by atoms with E-state index in [0.717, 1.165) is 37.4 Å². The fourth-order valence-corrected chi connectivity index (χ4v) is 3.36. The lowest BCUT2D eigenvalue weighted by molar-refractivity contribution is -0.146. The molecule has 16 heavy (non-hydrogen) atoms. The Labute approximate surface area is 101 Å². The van der Waals surface area contributed by atoms with Crippen LogP contribution in [0.25, 0.3) is 0 Å². The molecule has 1 amide bonds. The standard InChI is InChI=1S/C11H20N2O2S/c14-10(11(15)4-8-16-9-5-11)12-13-6-2-1-3-7-13/h15H,1-9H2,(H,12,14). The lowest BCUT2D eigenvalue weighted by atomic mass is 9.96. The normalized spacial score (nSPS) is 26.3. The molecule has 2 heterocycles. The van der Waals surface area contributed by atoms with Gasteiger partial charge in [-0.2, -0.15) is 11.8 Å². The second kappa shape index (κ2) is 5.38. The van der Waals surface area contributed by atoms with Crippen LogP contribution >= 0.6 is 11.8 Å². The van der Waals surface area contributed by atoms with Gasteiger partial charge >= 0.3 is 0 Å². The van der Waals surface area contributed by atoms with E-state index in [1.165, 1.54) is 6.42 Å². The smallest absolute Gasteiger partial charge is 0.266 e. The Morgan fingerprint density at radius 3 is 2.44 bits per heavy atom. The van der Waals surface area contributed by atoms with Crippen molar-refractivity contribution < 1.29 is 9.90 Å². The van der Waals surface area contributed by atoms with Gasteiger partial charge in [0.15, 0.2) is 0 Å². The van der Waals surface area contributed by atoms with Crippen molar-refractivity contribution in [2.24, 2.45) is 0 Å². The largest absolute Gasteiger partial charge is 0.380 e. The Kier molecular flexibility index (Phi) is 4.10. The van der Waals surface area contributed by atoms with Gasteiger partial charge in [0.1, 0.15) is 5.60 Å². The maximum atomic E-state index is 12.0. The van der Waals surface area contributed by atoms with Crippen molar-refractivity contribution in [1.82, 2.24) is 10.4 Å². The van der Waals surface area contributed by atoms with Gasteiger partial charge in [-0.05, 0) is 37.2 Å². The number of thioether (sulfide) groups is 1. The van der Waals surface area contributed by atoms with Crippen LogP contribution in [0.1, 0.15) is 32.1 Å². The van der Waals surface area contributed by atoms with E-state index in [4.69, 9.17) is 0 Å². The molecular weight excluding hydrogens is 224 g/mol. The monoisotopic (exact) mass is 244 g/mol. The zero-order valence-corrected chi connectivity index (χ0v) is 10.4. The summed E-state index contributed by atoms with van der Waals surface area (Å²) in [4.78, 5) is 12.0. The molecule has 0 unspecified atom stereocenters. The number of amides is 1. The van der Waals surface area contributed by atoms with Crippen LogP contribution in [0.2, 0.25) is 0 Å². The molecule has 0 aromatic carbocycles. The fraction of sp³-hybridized carbons (Fsp3) is 0.909. The predicted octanol–water partition coefficient (Wildman–Crippen LogP) is 0.762. The zero-order valence-electron chi connectivity index (χ0n) is 9.57. The predicted molar refractivity (Wildman–Crippen MR) is 65.1 cm³/mol. The molecule has 0 bridgehead atoms. The lowest BCUT2D eigenvalue weighted by Crippen LogP contribution is -2.55. The van der Waals surface area contributed by atoms with Gasteiger partial charge in [0.2, 0.25) is 0 Å². The van der Waals surface area contributed by atoms with Crippen LogP contribution < -0.4 is 5.43 Å². The van der Waals surface area contributed by atoms with Crippen LogP contribution in [0.3, 0.4) is 0 Å². The van der Waals surface area contributed by atoms with Crippen LogP contribution in [0.15, 0.2) is 0 Å². The van der Waals surface area contributed by atoms with Crippen molar-refractivity contribution in [2.45, 2.75) is 37.7 Å². The summed E-state index contributed by atoms with van der Waals surface area (Å²) >= 11 is 1.81. The Morgan fingerprint density at radius 2 is 1.81 bits per heavy atom. The van der Waals surface area contributed by atoms with Crippen LogP contribution in [0.4, 0.5) is 0 Å². The number of hydrazine groups is 1. The molecule has 2 N–H and O–H groups in total. The minimum Gasteiger partial charge on any atom is -0.380 e. The van der Waals surface area contributed by atoms with Crippen molar-refractivity contribution in [1.29, 1.82) is 0 Å². The van der Waals surface area contributed by atoms with Crippen molar-refractivity contribution in [3.63, 3.8) is 0 Å². The first-order valence-corrected chi connectivity index (χ1v) is 7.22. The molecule has 2 saturated heterocycles. The van der Waals surface area contributed by atoms with Crippen LogP contribution in [-0.2, 0) is 4.79 Å². The van der Waals surface area contributed by atoms with E-state index in [1.807, 2.05) is 16.8 Å². The SMILES string of the molecule is O=C(NN1CCCCC1)C1(O)CCSCC1. The van der Waals surface area contributed by atoms with Gasteiger partial charge in [-0.3, -0.25) is 10.2 Å². The highest BCUT2D eigenvalue weighted by Crippen LogP contribution is 2.27. The number of carbonyl (C=O) groups is 1. The second-order valence-corrected chi connectivity index (χ2v) is 5.86. The number of hydrogen-bond acceptors (Lipinski definition) is 4. The molecule has 0 saturated carbocycles. The Morgan fingerprint density at radius 1 is 1.19 bits per heavy atom. The molecule has 0 atom stereocenters. The number of carbonyl (C=O) groups excluding carboxylic acids is 1. The van der Waals surface area contributed by atoms with E-state index in [-0.39, 0.29) is 5.91 Å². The average molecular weight is 244 g/mol. The number of hydrogen-bond donors (Lipinski definition) is 2. The molecule has 5 heteroatoms. The summed E-state index contributed by atoms with van der Waals surface area (Å²) in [5.74, 6) is 1.56. The number of rotatable bonds is 2. The van der Waals surface area contributed by atoms with Crippen molar-refractivity contribution in [3.05, 3.63) is 0 Å². The van der Waals surface area contributed by atoms with E-state index in [9.17, 15) is 9.90 Å². The van der Waals surface area contributed by atoms with Gasteiger partial charge in [0, 0.05) is 13.1 Å². The maximum absolute atomic E-state index is 12.0. The van der Waals surface area contributed by atoms with Gasteiger partial charge in [-0.1, -0.05) is 6.42 Å². The third-order valence-corrected chi connectivity index (χ3v) is 4.34. The second-order valence-electron chi connectivity index (χ2n) is 4.63. The molecule has 0 aromatic rings. The molecule has 0 aromatic heterocycles. The highest BCUT2D eigenvalue weighted by molar-refractivity contribution is 7.99. The van der Waals surface area contributed by atoms with E-state index in [1.54, 1.807) is 0 Å². The summed E-state index contributed by atoms with van der Waals surface area (Å²) in [5, 5.41) is 12.2. The van der Waals surface area contributed by atoms with E-state index in [0.29, 0.717) is 12.8 Å². The topological polar surface area (TPSA) is 52.6 Å². The van der Waals surface area contributed by atoms with Gasteiger partial charge in [0.05, 0.1) is 0 Å². The average Bonchev–Trinajstić information content (AvgIpc) is 2.31. The fourth-order valence-electron chi connectivity index (χ4n) is 2.19.